The van der Waals surface area contributed by atoms with Crippen molar-refractivity contribution in [1.82, 2.24) is 5.32 Å². The number of fused-ring (bicyclic) bond motifs is 5. The van der Waals surface area contributed by atoms with Gasteiger partial charge in [-0.05, 0) is 97.6 Å². The number of ether oxygens (including phenoxy) is 1. The molecule has 0 spiro atoms. The summed E-state index contributed by atoms with van der Waals surface area (Å²) in [7, 11) is 0. The van der Waals surface area contributed by atoms with Gasteiger partial charge in [0, 0.05) is 17.5 Å². The molecule has 1 saturated heterocycles. The standard InChI is InChI=1S/C26H36ClNO2/c1-15-5-6-17(13-21(15)27)30-18-12-20-24-16(2)11-22-26(4,10-8-23(29)28-22)19(24)7-9-25(20,3)14-18/h5-6,13,16,18-20,22,24H,7-12,14H2,1-4H3,(H,28,29)/t16?,18?,19-,20+,22?,24-,25-,26-/m1/s1. The second-order valence-electron chi connectivity index (χ2n) is 11.4. The zero-order valence-electron chi connectivity index (χ0n) is 18.8. The minimum Gasteiger partial charge on any atom is -0.490 e. The summed E-state index contributed by atoms with van der Waals surface area (Å²) in [4.78, 5) is 12.1. The number of halogens is 1. The quantitative estimate of drug-likeness (QED) is 0.611. The molecule has 0 aromatic heterocycles. The highest BCUT2D eigenvalue weighted by Gasteiger charge is 2.61. The van der Waals surface area contributed by atoms with Crippen LogP contribution in [0.5, 0.6) is 5.75 Å². The summed E-state index contributed by atoms with van der Waals surface area (Å²) in [6, 6.07) is 6.46. The van der Waals surface area contributed by atoms with Crippen LogP contribution in [0.25, 0.3) is 0 Å². The van der Waals surface area contributed by atoms with E-state index >= 15 is 0 Å². The first-order valence-electron chi connectivity index (χ1n) is 11.9. The summed E-state index contributed by atoms with van der Waals surface area (Å²) >= 11 is 6.34. The van der Waals surface area contributed by atoms with Crippen molar-refractivity contribution in [2.75, 3.05) is 0 Å². The molecular weight excluding hydrogens is 394 g/mol. The molecule has 4 aliphatic rings. The third-order valence-electron chi connectivity index (χ3n) is 9.64. The molecule has 1 aromatic rings. The van der Waals surface area contributed by atoms with Crippen LogP contribution >= 0.6 is 11.6 Å². The third-order valence-corrected chi connectivity index (χ3v) is 10.0. The van der Waals surface area contributed by atoms with E-state index in [2.05, 4.69) is 38.2 Å². The van der Waals surface area contributed by atoms with Crippen molar-refractivity contribution in [1.29, 1.82) is 0 Å². The summed E-state index contributed by atoms with van der Waals surface area (Å²) in [5.74, 6) is 4.01. The Morgan fingerprint density at radius 1 is 1.17 bits per heavy atom. The molecule has 3 nitrogen and oxygen atoms in total. The number of benzene rings is 1. The van der Waals surface area contributed by atoms with Gasteiger partial charge in [-0.1, -0.05) is 38.4 Å². The lowest BCUT2D eigenvalue weighted by atomic mass is 9.45. The Balaban J connectivity index is 1.38. The number of aryl methyl sites for hydroxylation is 1. The fourth-order valence-corrected chi connectivity index (χ4v) is 8.14. The molecule has 3 aliphatic carbocycles. The number of piperidine rings is 1. The summed E-state index contributed by atoms with van der Waals surface area (Å²) in [6.45, 7) is 9.46. The Kier molecular flexibility index (Phi) is 4.93. The van der Waals surface area contributed by atoms with E-state index in [1.54, 1.807) is 0 Å². The number of hydrogen-bond donors (Lipinski definition) is 1. The Morgan fingerprint density at radius 2 is 1.97 bits per heavy atom. The van der Waals surface area contributed by atoms with Gasteiger partial charge >= 0.3 is 0 Å². The first kappa shape index (κ1) is 20.7. The van der Waals surface area contributed by atoms with Gasteiger partial charge in [-0.25, -0.2) is 0 Å². The molecule has 164 valence electrons. The van der Waals surface area contributed by atoms with E-state index in [9.17, 15) is 4.79 Å². The molecule has 4 fully saturated rings. The predicted molar refractivity (Wildman–Crippen MR) is 121 cm³/mol. The zero-order chi connectivity index (χ0) is 21.3. The van der Waals surface area contributed by atoms with Crippen molar-refractivity contribution < 1.29 is 9.53 Å². The van der Waals surface area contributed by atoms with Crippen molar-refractivity contribution in [2.45, 2.75) is 84.8 Å². The molecule has 1 N–H and O–H groups in total. The van der Waals surface area contributed by atoms with Crippen LogP contribution in [0.2, 0.25) is 5.02 Å². The minimum absolute atomic E-state index is 0.259. The van der Waals surface area contributed by atoms with Crippen LogP contribution in [0.4, 0.5) is 0 Å². The Bertz CT molecular complexity index is 855. The maximum absolute atomic E-state index is 12.1. The van der Waals surface area contributed by atoms with E-state index < -0.39 is 0 Å². The molecule has 3 saturated carbocycles. The molecule has 8 atom stereocenters. The fourth-order valence-electron chi connectivity index (χ4n) is 7.97. The van der Waals surface area contributed by atoms with Crippen LogP contribution in [0.1, 0.15) is 71.3 Å². The molecule has 1 aliphatic heterocycles. The normalized spacial score (nSPS) is 45.2. The van der Waals surface area contributed by atoms with Gasteiger partial charge in [0.1, 0.15) is 5.75 Å². The second kappa shape index (κ2) is 7.15. The highest BCUT2D eigenvalue weighted by molar-refractivity contribution is 6.31. The first-order chi connectivity index (χ1) is 14.2. The van der Waals surface area contributed by atoms with Crippen molar-refractivity contribution in [2.24, 2.45) is 34.5 Å². The van der Waals surface area contributed by atoms with Crippen LogP contribution in [0, 0.1) is 41.4 Å². The molecule has 5 rings (SSSR count). The fraction of sp³-hybridized carbons (Fsp3) is 0.731. The molecule has 0 radical (unpaired) electrons. The summed E-state index contributed by atoms with van der Waals surface area (Å²) < 4.78 is 6.49. The summed E-state index contributed by atoms with van der Waals surface area (Å²) in [5.41, 5.74) is 1.73. The number of amides is 1. The van der Waals surface area contributed by atoms with Gasteiger partial charge in [-0.15, -0.1) is 0 Å². The second-order valence-corrected chi connectivity index (χ2v) is 11.8. The lowest BCUT2D eigenvalue weighted by molar-refractivity contribution is -0.141. The molecule has 3 unspecified atom stereocenters. The molecule has 1 amide bonds. The third kappa shape index (κ3) is 3.18. The zero-order valence-corrected chi connectivity index (χ0v) is 19.6. The molecule has 0 bridgehead atoms. The first-order valence-corrected chi connectivity index (χ1v) is 12.3. The highest BCUT2D eigenvalue weighted by Crippen LogP contribution is 2.65. The minimum atomic E-state index is 0.259. The lowest BCUT2D eigenvalue weighted by Gasteiger charge is -2.61. The van der Waals surface area contributed by atoms with Gasteiger partial charge in [0.05, 0.1) is 6.10 Å². The predicted octanol–water partition coefficient (Wildman–Crippen LogP) is 6.16. The van der Waals surface area contributed by atoms with Crippen molar-refractivity contribution in [3.05, 3.63) is 28.8 Å². The number of rotatable bonds is 2. The average Bonchev–Trinajstić information content (AvgIpc) is 3.02. The van der Waals surface area contributed by atoms with Gasteiger partial charge < -0.3 is 10.1 Å². The summed E-state index contributed by atoms with van der Waals surface area (Å²) in [5, 5.41) is 4.15. The van der Waals surface area contributed by atoms with E-state index in [0.29, 0.717) is 29.7 Å². The highest BCUT2D eigenvalue weighted by atomic mass is 35.5. The van der Waals surface area contributed by atoms with Gasteiger partial charge in [0.25, 0.3) is 0 Å². The monoisotopic (exact) mass is 429 g/mol. The maximum atomic E-state index is 12.1. The van der Waals surface area contributed by atoms with Crippen LogP contribution in [0.3, 0.4) is 0 Å². The van der Waals surface area contributed by atoms with E-state index in [1.807, 2.05) is 13.0 Å². The molecule has 4 heteroatoms. The van der Waals surface area contributed by atoms with Gasteiger partial charge in [-0.2, -0.15) is 0 Å². The van der Waals surface area contributed by atoms with E-state index in [4.69, 9.17) is 16.3 Å². The molecular formula is C26H36ClNO2. The van der Waals surface area contributed by atoms with Crippen LogP contribution in [-0.4, -0.2) is 18.1 Å². The van der Waals surface area contributed by atoms with Gasteiger partial charge in [0.15, 0.2) is 0 Å². The Morgan fingerprint density at radius 3 is 2.73 bits per heavy atom. The van der Waals surface area contributed by atoms with Crippen LogP contribution in [-0.2, 0) is 4.79 Å². The molecule has 1 aromatic carbocycles. The number of nitrogens with one attached hydrogen (secondary N) is 1. The van der Waals surface area contributed by atoms with E-state index in [-0.39, 0.29) is 17.4 Å². The topological polar surface area (TPSA) is 38.3 Å². The summed E-state index contributed by atoms with van der Waals surface area (Å²) in [6.07, 6.45) is 8.06. The van der Waals surface area contributed by atoms with Crippen molar-refractivity contribution in [3.8, 4) is 5.75 Å². The lowest BCUT2D eigenvalue weighted by Crippen LogP contribution is -2.62. The maximum Gasteiger partial charge on any atom is 0.220 e. The van der Waals surface area contributed by atoms with Crippen molar-refractivity contribution >= 4 is 17.5 Å². The average molecular weight is 430 g/mol. The SMILES string of the molecule is Cc1ccc(OC2C[C@H]3[C@@H]4C(C)CC5NC(=O)CC[C@]5(C)[C@@H]4CC[C@]3(C)C2)cc1Cl. The molecule has 30 heavy (non-hydrogen) atoms. The smallest absolute Gasteiger partial charge is 0.220 e. The van der Waals surface area contributed by atoms with Gasteiger partial charge in [0.2, 0.25) is 5.91 Å². The van der Waals surface area contributed by atoms with Crippen LogP contribution < -0.4 is 10.1 Å². The van der Waals surface area contributed by atoms with Crippen LogP contribution in [0.15, 0.2) is 18.2 Å². The Labute approximate surface area is 186 Å². The molecule has 1 heterocycles. The van der Waals surface area contributed by atoms with Crippen molar-refractivity contribution in [3.63, 3.8) is 0 Å². The van der Waals surface area contributed by atoms with E-state index in [1.165, 1.54) is 12.8 Å². The largest absolute Gasteiger partial charge is 0.490 e. The number of carbonyl (C=O) groups is 1. The number of hydrogen-bond acceptors (Lipinski definition) is 2. The van der Waals surface area contributed by atoms with Gasteiger partial charge in [-0.3, -0.25) is 4.79 Å². The number of carbonyl (C=O) groups excluding carboxylic acids is 1. The Hall–Kier alpha value is -1.22. The van der Waals surface area contributed by atoms with E-state index in [0.717, 1.165) is 53.9 Å².